The average Bonchev–Trinajstić information content (AvgIpc) is 2.33. The van der Waals surface area contributed by atoms with Crippen LogP contribution in [-0.2, 0) is 0 Å². The van der Waals surface area contributed by atoms with Gasteiger partial charge in [-0.15, -0.1) is 0 Å². The second kappa shape index (κ2) is 5.45. The number of nitrogens with one attached hydrogen (secondary N) is 1. The van der Waals surface area contributed by atoms with Crippen molar-refractivity contribution in [1.82, 2.24) is 4.98 Å². The molecule has 1 heterocycles. The molecule has 19 heavy (non-hydrogen) atoms. The minimum atomic E-state index is 0.0666. The van der Waals surface area contributed by atoms with Crippen molar-refractivity contribution in [2.24, 2.45) is 5.73 Å². The van der Waals surface area contributed by atoms with Crippen molar-refractivity contribution < 1.29 is 0 Å². The van der Waals surface area contributed by atoms with Gasteiger partial charge in [-0.25, -0.2) is 4.98 Å². The topological polar surface area (TPSA) is 62.8 Å². The van der Waals surface area contributed by atoms with E-state index in [1.165, 1.54) is 11.1 Å². The first kappa shape index (κ1) is 13.6. The third-order valence-electron chi connectivity index (χ3n) is 3.09. The number of aryl methyl sites for hydroxylation is 3. The number of aromatic nitrogens is 1. The van der Waals surface area contributed by atoms with Crippen molar-refractivity contribution in [3.8, 4) is 0 Å². The summed E-state index contributed by atoms with van der Waals surface area (Å²) >= 11 is 1.55. The Morgan fingerprint density at radius 3 is 2.47 bits per heavy atom. The van der Waals surface area contributed by atoms with Crippen LogP contribution in [0, 0.1) is 26.2 Å². The average molecular weight is 271 g/mol. The van der Waals surface area contributed by atoms with Gasteiger partial charge in [-0.3, -0.25) is 5.41 Å². The first-order chi connectivity index (χ1) is 8.99. The molecule has 4 heteroatoms. The van der Waals surface area contributed by atoms with Gasteiger partial charge in [-0.2, -0.15) is 0 Å². The van der Waals surface area contributed by atoms with E-state index in [-0.39, 0.29) is 5.84 Å². The van der Waals surface area contributed by atoms with E-state index in [0.717, 1.165) is 21.0 Å². The standard InChI is InChI=1S/C15H17N3S/c1-9-4-5-12(8-11(9)3)19-15-13(14(16)17)10(2)6-7-18-15/h4-8H,1-3H3,(H3,16,17). The van der Waals surface area contributed by atoms with Crippen LogP contribution < -0.4 is 5.73 Å². The van der Waals surface area contributed by atoms with E-state index in [9.17, 15) is 0 Å². The Morgan fingerprint density at radius 1 is 1.11 bits per heavy atom. The Bertz CT molecular complexity index is 635. The van der Waals surface area contributed by atoms with E-state index in [0.29, 0.717) is 0 Å². The summed E-state index contributed by atoms with van der Waals surface area (Å²) in [6.45, 7) is 6.13. The fraction of sp³-hybridized carbons (Fsp3) is 0.200. The summed E-state index contributed by atoms with van der Waals surface area (Å²) < 4.78 is 0. The Labute approximate surface area is 117 Å². The number of benzene rings is 1. The molecule has 0 atom stereocenters. The van der Waals surface area contributed by atoms with Gasteiger partial charge < -0.3 is 5.73 Å². The zero-order valence-corrected chi connectivity index (χ0v) is 12.1. The van der Waals surface area contributed by atoms with Gasteiger partial charge >= 0.3 is 0 Å². The summed E-state index contributed by atoms with van der Waals surface area (Å²) in [5.41, 5.74) is 9.88. The van der Waals surface area contributed by atoms with Gasteiger partial charge in [0.05, 0.1) is 5.56 Å². The van der Waals surface area contributed by atoms with Gasteiger partial charge in [0.1, 0.15) is 10.9 Å². The van der Waals surface area contributed by atoms with Gasteiger partial charge in [-0.05, 0) is 55.7 Å². The van der Waals surface area contributed by atoms with E-state index < -0.39 is 0 Å². The number of rotatable bonds is 3. The first-order valence-corrected chi connectivity index (χ1v) is 6.86. The molecule has 0 aliphatic heterocycles. The predicted molar refractivity (Wildman–Crippen MR) is 80.0 cm³/mol. The molecule has 0 spiro atoms. The monoisotopic (exact) mass is 271 g/mol. The van der Waals surface area contributed by atoms with Crippen LogP contribution >= 0.6 is 11.8 Å². The maximum atomic E-state index is 7.68. The molecule has 0 aliphatic carbocycles. The molecule has 0 radical (unpaired) electrons. The minimum absolute atomic E-state index is 0.0666. The van der Waals surface area contributed by atoms with Crippen molar-refractivity contribution in [3.63, 3.8) is 0 Å². The lowest BCUT2D eigenvalue weighted by Crippen LogP contribution is -2.14. The molecule has 1 aromatic heterocycles. The molecule has 0 saturated carbocycles. The van der Waals surface area contributed by atoms with E-state index >= 15 is 0 Å². The van der Waals surface area contributed by atoms with E-state index in [4.69, 9.17) is 11.1 Å². The highest BCUT2D eigenvalue weighted by molar-refractivity contribution is 7.99. The van der Waals surface area contributed by atoms with Crippen LogP contribution in [0.25, 0.3) is 0 Å². The maximum absolute atomic E-state index is 7.68. The molecule has 2 rings (SSSR count). The molecular formula is C15H17N3S. The third-order valence-corrected chi connectivity index (χ3v) is 4.08. The summed E-state index contributed by atoms with van der Waals surface area (Å²) in [5.74, 6) is 0.0666. The summed E-state index contributed by atoms with van der Waals surface area (Å²) in [7, 11) is 0. The molecule has 0 saturated heterocycles. The summed E-state index contributed by atoms with van der Waals surface area (Å²) in [6.07, 6.45) is 1.76. The molecule has 0 fully saturated rings. The zero-order chi connectivity index (χ0) is 14.0. The van der Waals surface area contributed by atoms with Crippen molar-refractivity contribution in [3.05, 3.63) is 52.7 Å². The second-order valence-electron chi connectivity index (χ2n) is 4.57. The minimum Gasteiger partial charge on any atom is -0.384 e. The number of pyridine rings is 1. The van der Waals surface area contributed by atoms with Crippen LogP contribution in [-0.4, -0.2) is 10.8 Å². The lowest BCUT2D eigenvalue weighted by atomic mass is 10.1. The summed E-state index contributed by atoms with van der Waals surface area (Å²) in [6, 6.07) is 8.18. The highest BCUT2D eigenvalue weighted by Gasteiger charge is 2.11. The van der Waals surface area contributed by atoms with Crippen molar-refractivity contribution in [1.29, 1.82) is 5.41 Å². The van der Waals surface area contributed by atoms with E-state index in [1.807, 2.05) is 13.0 Å². The van der Waals surface area contributed by atoms with Crippen molar-refractivity contribution in [2.45, 2.75) is 30.7 Å². The number of nitrogen functional groups attached to an aromatic ring is 1. The fourth-order valence-electron chi connectivity index (χ4n) is 1.83. The van der Waals surface area contributed by atoms with Crippen LogP contribution in [0.15, 0.2) is 40.4 Å². The third kappa shape index (κ3) is 2.96. The van der Waals surface area contributed by atoms with Crippen LogP contribution in [0.1, 0.15) is 22.3 Å². The Morgan fingerprint density at radius 2 is 1.84 bits per heavy atom. The van der Waals surface area contributed by atoms with Crippen LogP contribution in [0.2, 0.25) is 0 Å². The smallest absolute Gasteiger partial charge is 0.125 e. The fourth-order valence-corrected chi connectivity index (χ4v) is 2.91. The van der Waals surface area contributed by atoms with E-state index in [2.05, 4.69) is 37.0 Å². The molecule has 0 aliphatic rings. The largest absolute Gasteiger partial charge is 0.384 e. The second-order valence-corrected chi connectivity index (χ2v) is 5.63. The van der Waals surface area contributed by atoms with Crippen LogP contribution in [0.3, 0.4) is 0 Å². The highest BCUT2D eigenvalue weighted by atomic mass is 32.2. The first-order valence-electron chi connectivity index (χ1n) is 6.04. The Kier molecular flexibility index (Phi) is 3.90. The normalized spacial score (nSPS) is 10.5. The SMILES string of the molecule is Cc1ccc(Sc2nccc(C)c2C(=N)N)cc1C. The Hall–Kier alpha value is -1.81. The zero-order valence-electron chi connectivity index (χ0n) is 11.3. The number of hydrogen-bond acceptors (Lipinski definition) is 3. The highest BCUT2D eigenvalue weighted by Crippen LogP contribution is 2.30. The number of hydrogen-bond donors (Lipinski definition) is 2. The molecule has 3 nitrogen and oxygen atoms in total. The number of amidine groups is 1. The summed E-state index contributed by atoms with van der Waals surface area (Å²) in [5, 5.41) is 8.47. The predicted octanol–water partition coefficient (Wildman–Crippen LogP) is 3.44. The molecular weight excluding hydrogens is 254 g/mol. The quantitative estimate of drug-likeness (QED) is 0.664. The van der Waals surface area contributed by atoms with E-state index in [1.54, 1.807) is 18.0 Å². The van der Waals surface area contributed by atoms with Gasteiger partial charge in [-0.1, -0.05) is 17.8 Å². The molecule has 1 aromatic carbocycles. The van der Waals surface area contributed by atoms with Crippen LogP contribution in [0.4, 0.5) is 0 Å². The van der Waals surface area contributed by atoms with Gasteiger partial charge in [0.25, 0.3) is 0 Å². The number of nitrogens with zero attached hydrogens (tertiary/aromatic N) is 1. The molecule has 2 aromatic rings. The lowest BCUT2D eigenvalue weighted by Gasteiger charge is -2.10. The molecule has 0 unspecified atom stereocenters. The summed E-state index contributed by atoms with van der Waals surface area (Å²) in [4.78, 5) is 5.46. The molecule has 98 valence electrons. The Balaban J connectivity index is 2.40. The lowest BCUT2D eigenvalue weighted by molar-refractivity contribution is 1.08. The van der Waals surface area contributed by atoms with Crippen molar-refractivity contribution in [2.75, 3.05) is 0 Å². The van der Waals surface area contributed by atoms with Crippen LogP contribution in [0.5, 0.6) is 0 Å². The maximum Gasteiger partial charge on any atom is 0.125 e. The van der Waals surface area contributed by atoms with Gasteiger partial charge in [0.2, 0.25) is 0 Å². The number of nitrogens with two attached hydrogens (primary N) is 1. The molecule has 0 bridgehead atoms. The van der Waals surface area contributed by atoms with Crippen molar-refractivity contribution >= 4 is 17.6 Å². The van der Waals surface area contributed by atoms with Gasteiger partial charge in [0, 0.05) is 11.1 Å². The molecule has 0 amide bonds. The molecule has 3 N–H and O–H groups in total. The van der Waals surface area contributed by atoms with Gasteiger partial charge in [0.15, 0.2) is 0 Å².